The molecule has 4 aromatic rings. The van der Waals surface area contributed by atoms with Crippen LogP contribution < -0.4 is 17.2 Å². The molecule has 178 valence electrons. The number of fused-ring (bicyclic) bond motifs is 1. The molecule has 1 aromatic carbocycles. The topological polar surface area (TPSA) is 182 Å². The van der Waals surface area contributed by atoms with Gasteiger partial charge in [0.05, 0.1) is 11.4 Å². The molecule has 3 heterocycles. The molecule has 4 rings (SSSR count). The van der Waals surface area contributed by atoms with Crippen molar-refractivity contribution in [3.63, 3.8) is 0 Å². The highest BCUT2D eigenvalue weighted by molar-refractivity contribution is 6.10. The fourth-order valence-corrected chi connectivity index (χ4v) is 3.69. The third-order valence-electron chi connectivity index (χ3n) is 5.62. The number of rotatable bonds is 8. The number of aromatic nitrogens is 4. The molecule has 35 heavy (non-hydrogen) atoms. The molecule has 0 saturated heterocycles. The van der Waals surface area contributed by atoms with E-state index in [2.05, 4.69) is 24.9 Å². The summed E-state index contributed by atoms with van der Waals surface area (Å²) in [5, 5.41) is 12.0. The number of carbonyl (C=O) groups is 1. The van der Waals surface area contributed by atoms with Gasteiger partial charge in [-0.25, -0.2) is 15.0 Å². The number of benzene rings is 1. The molecule has 0 spiro atoms. The Morgan fingerprint density at radius 3 is 2.71 bits per heavy atom. The van der Waals surface area contributed by atoms with Crippen molar-refractivity contribution in [2.45, 2.75) is 18.9 Å². The van der Waals surface area contributed by atoms with Crippen LogP contribution in [0, 0.1) is 0 Å². The minimum Gasteiger partial charge on any atom is -0.404 e. The lowest BCUT2D eigenvalue weighted by atomic mass is 9.91. The van der Waals surface area contributed by atoms with Crippen LogP contribution in [0.1, 0.15) is 30.2 Å². The van der Waals surface area contributed by atoms with Gasteiger partial charge in [-0.2, -0.15) is 0 Å². The van der Waals surface area contributed by atoms with Crippen LogP contribution in [0.15, 0.2) is 66.1 Å². The first-order valence-corrected chi connectivity index (χ1v) is 10.9. The number of pyridine rings is 1. The molecule has 3 aromatic heterocycles. The van der Waals surface area contributed by atoms with Crippen molar-refractivity contribution in [2.24, 2.45) is 16.5 Å². The van der Waals surface area contributed by atoms with Crippen LogP contribution in [-0.2, 0) is 10.4 Å². The maximum atomic E-state index is 11.3. The molecule has 0 radical (unpaired) electrons. The van der Waals surface area contributed by atoms with E-state index in [0.29, 0.717) is 28.2 Å². The number of nitrogens with zero attached hydrogens (tertiary/aromatic N) is 4. The molecule has 1 atom stereocenters. The van der Waals surface area contributed by atoms with Gasteiger partial charge in [0.2, 0.25) is 11.9 Å². The molecule has 0 aliphatic heterocycles. The van der Waals surface area contributed by atoms with Crippen molar-refractivity contribution in [1.82, 2.24) is 19.9 Å². The average Bonchev–Trinajstić information content (AvgIpc) is 3.27. The van der Waals surface area contributed by atoms with Crippen molar-refractivity contribution in [2.75, 3.05) is 12.3 Å². The summed E-state index contributed by atoms with van der Waals surface area (Å²) in [5.41, 5.74) is 19.9. The van der Waals surface area contributed by atoms with Crippen LogP contribution in [-0.4, -0.2) is 43.7 Å². The van der Waals surface area contributed by atoms with Gasteiger partial charge in [0.15, 0.2) is 0 Å². The number of carbonyl (C=O) groups excluding carboxylic acids is 1. The van der Waals surface area contributed by atoms with E-state index in [-0.39, 0.29) is 18.9 Å². The number of allylic oxidation sites excluding steroid dienone is 1. The van der Waals surface area contributed by atoms with Gasteiger partial charge < -0.3 is 27.3 Å². The summed E-state index contributed by atoms with van der Waals surface area (Å²) < 4.78 is 0. The smallest absolute Gasteiger partial charge is 0.220 e. The second kappa shape index (κ2) is 9.74. The van der Waals surface area contributed by atoms with Gasteiger partial charge in [-0.3, -0.25) is 9.79 Å². The molecule has 8 N–H and O–H groups in total. The quantitative estimate of drug-likeness (QED) is 0.244. The lowest BCUT2D eigenvalue weighted by Gasteiger charge is -2.24. The van der Waals surface area contributed by atoms with E-state index >= 15 is 0 Å². The standard InChI is InChI=1S/C25H26N8O2/c1-25(35,17-5-3-2-4-6-17)21-10-20(32-24(28)33-21)19-14-31-23-18(19)9-15(13-30-23)16(11-26)12-29-8-7-22(27)34/h2-6,9-14,35H,7-8,26H2,1H3,(H2,27,34)(H,30,31)(H2,28,32,33). The maximum Gasteiger partial charge on any atom is 0.220 e. The average molecular weight is 471 g/mol. The van der Waals surface area contributed by atoms with Gasteiger partial charge in [-0.05, 0) is 24.6 Å². The molecular weight excluding hydrogens is 444 g/mol. The molecule has 10 nitrogen and oxygen atoms in total. The Labute approximate surface area is 201 Å². The van der Waals surface area contributed by atoms with Gasteiger partial charge in [0.25, 0.3) is 0 Å². The highest BCUT2D eigenvalue weighted by Gasteiger charge is 2.28. The zero-order valence-corrected chi connectivity index (χ0v) is 19.1. The fourth-order valence-electron chi connectivity index (χ4n) is 3.69. The highest BCUT2D eigenvalue weighted by Crippen LogP contribution is 2.33. The number of amides is 1. The van der Waals surface area contributed by atoms with Gasteiger partial charge in [-0.1, -0.05) is 30.3 Å². The fraction of sp³-hybridized carbons (Fsp3) is 0.160. The number of aromatic amines is 1. The monoisotopic (exact) mass is 470 g/mol. The Morgan fingerprint density at radius 2 is 2.00 bits per heavy atom. The Bertz CT molecular complexity index is 1420. The van der Waals surface area contributed by atoms with E-state index in [1.54, 1.807) is 31.6 Å². The van der Waals surface area contributed by atoms with Crippen molar-refractivity contribution >= 4 is 34.7 Å². The molecular formula is C25H26N8O2. The van der Waals surface area contributed by atoms with E-state index in [1.165, 1.54) is 6.20 Å². The lowest BCUT2D eigenvalue weighted by Crippen LogP contribution is -2.25. The largest absolute Gasteiger partial charge is 0.404 e. The van der Waals surface area contributed by atoms with Crippen LogP contribution in [0.3, 0.4) is 0 Å². The molecule has 10 heteroatoms. The van der Waals surface area contributed by atoms with Crippen molar-refractivity contribution in [1.29, 1.82) is 0 Å². The zero-order chi connectivity index (χ0) is 25.0. The summed E-state index contributed by atoms with van der Waals surface area (Å²) in [7, 11) is 0. The summed E-state index contributed by atoms with van der Waals surface area (Å²) in [6.45, 7) is 1.93. The molecule has 0 bridgehead atoms. The Kier molecular flexibility index (Phi) is 6.56. The van der Waals surface area contributed by atoms with Crippen molar-refractivity contribution in [3.8, 4) is 11.3 Å². The van der Waals surface area contributed by atoms with Gasteiger partial charge in [0.1, 0.15) is 11.2 Å². The normalized spacial score (nSPS) is 13.8. The molecule has 0 aliphatic carbocycles. The Morgan fingerprint density at radius 1 is 1.23 bits per heavy atom. The van der Waals surface area contributed by atoms with Crippen LogP contribution in [0.25, 0.3) is 27.9 Å². The van der Waals surface area contributed by atoms with E-state index in [0.717, 1.165) is 16.5 Å². The number of aliphatic hydroxyl groups is 1. The minimum absolute atomic E-state index is 0.0382. The number of hydrogen-bond acceptors (Lipinski definition) is 8. The molecule has 0 saturated carbocycles. The number of primary amides is 1. The zero-order valence-electron chi connectivity index (χ0n) is 19.1. The van der Waals surface area contributed by atoms with Crippen LogP contribution in [0.2, 0.25) is 0 Å². The number of anilines is 1. The lowest BCUT2D eigenvalue weighted by molar-refractivity contribution is -0.117. The summed E-state index contributed by atoms with van der Waals surface area (Å²) in [4.78, 5) is 31.5. The van der Waals surface area contributed by atoms with E-state index in [9.17, 15) is 9.90 Å². The predicted molar refractivity (Wildman–Crippen MR) is 136 cm³/mol. The van der Waals surface area contributed by atoms with Gasteiger partial charge >= 0.3 is 0 Å². The summed E-state index contributed by atoms with van der Waals surface area (Å²) in [6.07, 6.45) is 6.59. The Balaban J connectivity index is 1.74. The van der Waals surface area contributed by atoms with Gasteiger partial charge in [-0.15, -0.1) is 0 Å². The van der Waals surface area contributed by atoms with E-state index in [4.69, 9.17) is 17.2 Å². The summed E-state index contributed by atoms with van der Waals surface area (Å²) in [6, 6.07) is 12.8. The van der Waals surface area contributed by atoms with E-state index in [1.807, 2.05) is 36.4 Å². The minimum atomic E-state index is -1.38. The first kappa shape index (κ1) is 23.6. The van der Waals surface area contributed by atoms with Crippen LogP contribution in [0.4, 0.5) is 5.95 Å². The molecule has 0 aliphatic rings. The van der Waals surface area contributed by atoms with Crippen molar-refractivity contribution in [3.05, 3.63) is 77.9 Å². The first-order valence-electron chi connectivity index (χ1n) is 10.9. The summed E-state index contributed by atoms with van der Waals surface area (Å²) in [5.74, 6) is -0.383. The third kappa shape index (κ3) is 5.02. The van der Waals surface area contributed by atoms with Crippen LogP contribution in [0.5, 0.6) is 0 Å². The third-order valence-corrected chi connectivity index (χ3v) is 5.62. The molecule has 1 unspecified atom stereocenters. The maximum absolute atomic E-state index is 11.3. The highest BCUT2D eigenvalue weighted by atomic mass is 16.3. The number of nitrogen functional groups attached to an aromatic ring is 1. The van der Waals surface area contributed by atoms with Gasteiger partial charge in [0, 0.05) is 59.9 Å². The molecule has 1 amide bonds. The van der Waals surface area contributed by atoms with E-state index < -0.39 is 11.5 Å². The summed E-state index contributed by atoms with van der Waals surface area (Å²) >= 11 is 0. The van der Waals surface area contributed by atoms with Crippen molar-refractivity contribution < 1.29 is 9.90 Å². The number of H-pyrrole nitrogens is 1. The number of hydrogen-bond donors (Lipinski definition) is 5. The number of aliphatic imine (C=N–C) groups is 1. The molecule has 0 fully saturated rings. The first-order chi connectivity index (χ1) is 16.8. The number of nitrogens with two attached hydrogens (primary N) is 3. The predicted octanol–water partition coefficient (Wildman–Crippen LogP) is 2.10. The Hall–Kier alpha value is -4.57. The number of nitrogens with one attached hydrogen (secondary N) is 1. The second-order valence-electron chi connectivity index (χ2n) is 8.13. The van der Waals surface area contributed by atoms with Crippen LogP contribution >= 0.6 is 0 Å². The second-order valence-corrected chi connectivity index (χ2v) is 8.13. The SMILES string of the molecule is CC(O)(c1ccccc1)c1cc(-c2c[nH]c3ncc(C(C=NCCC(N)=O)=CN)cc23)nc(N)n1.